The first-order valence-electron chi connectivity index (χ1n) is 6.88. The molecule has 0 aromatic heterocycles. The maximum atomic E-state index is 6.01. The lowest BCUT2D eigenvalue weighted by Crippen LogP contribution is -2.48. The number of nitrogens with two attached hydrogens (primary N) is 1. The lowest BCUT2D eigenvalue weighted by Gasteiger charge is -2.40. The first kappa shape index (κ1) is 14.3. The Morgan fingerprint density at radius 3 is 2.53 bits per heavy atom. The minimum Gasteiger partial charge on any atom is -0.496 e. The Morgan fingerprint density at radius 2 is 1.95 bits per heavy atom. The molecule has 3 atom stereocenters. The van der Waals surface area contributed by atoms with E-state index in [4.69, 9.17) is 15.2 Å². The highest BCUT2D eigenvalue weighted by Gasteiger charge is 2.29. The minimum absolute atomic E-state index is 0.185. The third-order valence-electron chi connectivity index (χ3n) is 3.61. The van der Waals surface area contributed by atoms with Crippen LogP contribution in [0.4, 0.5) is 0 Å². The molecule has 1 aliphatic heterocycles. The van der Waals surface area contributed by atoms with Crippen molar-refractivity contribution in [3.8, 4) is 5.75 Å². The van der Waals surface area contributed by atoms with Gasteiger partial charge in [0, 0.05) is 25.2 Å². The Kier molecular flexibility index (Phi) is 4.80. The van der Waals surface area contributed by atoms with E-state index in [1.54, 1.807) is 7.11 Å². The molecule has 1 fully saturated rings. The van der Waals surface area contributed by atoms with Gasteiger partial charge in [-0.1, -0.05) is 18.2 Å². The zero-order valence-corrected chi connectivity index (χ0v) is 12.0. The third-order valence-corrected chi connectivity index (χ3v) is 3.61. The monoisotopic (exact) mass is 264 g/mol. The molecule has 4 heteroatoms. The van der Waals surface area contributed by atoms with Crippen molar-refractivity contribution in [3.63, 3.8) is 0 Å². The number of hydrogen-bond acceptors (Lipinski definition) is 4. The van der Waals surface area contributed by atoms with E-state index in [0.29, 0.717) is 6.54 Å². The van der Waals surface area contributed by atoms with Gasteiger partial charge in [-0.15, -0.1) is 0 Å². The average Bonchev–Trinajstić information content (AvgIpc) is 2.39. The summed E-state index contributed by atoms with van der Waals surface area (Å²) in [4.78, 5) is 2.40. The maximum Gasteiger partial charge on any atom is 0.123 e. The van der Waals surface area contributed by atoms with Crippen molar-refractivity contribution in [2.45, 2.75) is 32.1 Å². The van der Waals surface area contributed by atoms with E-state index in [1.165, 1.54) is 0 Å². The maximum absolute atomic E-state index is 6.01. The van der Waals surface area contributed by atoms with Crippen LogP contribution < -0.4 is 10.5 Å². The lowest BCUT2D eigenvalue weighted by molar-refractivity contribution is -0.0801. The Hall–Kier alpha value is -1.10. The summed E-state index contributed by atoms with van der Waals surface area (Å²) < 4.78 is 11.2. The van der Waals surface area contributed by atoms with Crippen molar-refractivity contribution in [1.82, 2.24) is 4.90 Å². The van der Waals surface area contributed by atoms with Crippen LogP contribution in [0.3, 0.4) is 0 Å². The molecule has 0 saturated carbocycles. The SMILES string of the molecule is COc1ccccc1[C@H](CN)N1C[C@@H](C)O[C@@H](C)C1. The highest BCUT2D eigenvalue weighted by atomic mass is 16.5. The van der Waals surface area contributed by atoms with E-state index < -0.39 is 0 Å². The molecular weight excluding hydrogens is 240 g/mol. The molecule has 1 saturated heterocycles. The summed E-state index contributed by atoms with van der Waals surface area (Å²) >= 11 is 0. The second-order valence-electron chi connectivity index (χ2n) is 5.20. The summed E-state index contributed by atoms with van der Waals surface area (Å²) in [5, 5.41) is 0. The standard InChI is InChI=1S/C15H24N2O2/c1-11-9-17(10-12(2)19-11)14(8-16)13-6-4-5-7-15(13)18-3/h4-7,11-12,14H,8-10,16H2,1-3H3/t11-,12+,14-/m0/s1. The molecule has 1 aliphatic rings. The van der Waals surface area contributed by atoms with Crippen molar-refractivity contribution in [2.24, 2.45) is 5.73 Å². The first-order chi connectivity index (χ1) is 9.15. The molecule has 2 N–H and O–H groups in total. The van der Waals surface area contributed by atoms with Crippen LogP contribution in [-0.4, -0.2) is 43.9 Å². The van der Waals surface area contributed by atoms with Gasteiger partial charge in [-0.2, -0.15) is 0 Å². The van der Waals surface area contributed by atoms with Gasteiger partial charge in [0.1, 0.15) is 5.75 Å². The van der Waals surface area contributed by atoms with E-state index in [1.807, 2.05) is 18.2 Å². The predicted molar refractivity (Wildman–Crippen MR) is 76.4 cm³/mol. The third kappa shape index (κ3) is 3.26. The number of ether oxygens (including phenoxy) is 2. The van der Waals surface area contributed by atoms with Gasteiger partial charge < -0.3 is 15.2 Å². The first-order valence-corrected chi connectivity index (χ1v) is 6.88. The molecule has 0 unspecified atom stereocenters. The predicted octanol–water partition coefficient (Wildman–Crippen LogP) is 1.80. The number of rotatable bonds is 4. The molecule has 0 bridgehead atoms. The molecule has 2 rings (SSSR count). The Morgan fingerprint density at radius 1 is 1.32 bits per heavy atom. The largest absolute Gasteiger partial charge is 0.496 e. The van der Waals surface area contributed by atoms with Crippen LogP contribution in [-0.2, 0) is 4.74 Å². The summed E-state index contributed by atoms with van der Waals surface area (Å²) in [6.07, 6.45) is 0.486. The fraction of sp³-hybridized carbons (Fsp3) is 0.600. The number of benzene rings is 1. The summed E-state index contributed by atoms with van der Waals surface area (Å²) in [6, 6.07) is 8.30. The number of hydrogen-bond donors (Lipinski definition) is 1. The van der Waals surface area contributed by atoms with Gasteiger partial charge in [0.15, 0.2) is 0 Å². The minimum atomic E-state index is 0.185. The van der Waals surface area contributed by atoms with Crippen molar-refractivity contribution >= 4 is 0 Å². The number of morpholine rings is 1. The average molecular weight is 264 g/mol. The number of nitrogens with zero attached hydrogens (tertiary/aromatic N) is 1. The molecule has 1 aromatic carbocycles. The normalized spacial score (nSPS) is 26.1. The van der Waals surface area contributed by atoms with Gasteiger partial charge in [0.25, 0.3) is 0 Å². The van der Waals surface area contributed by atoms with Crippen LogP contribution in [0.15, 0.2) is 24.3 Å². The summed E-state index contributed by atoms with van der Waals surface area (Å²) in [5.41, 5.74) is 7.17. The van der Waals surface area contributed by atoms with Gasteiger partial charge in [0.05, 0.1) is 25.4 Å². The van der Waals surface area contributed by atoms with Crippen molar-refractivity contribution in [2.75, 3.05) is 26.7 Å². The molecule has 0 amide bonds. The topological polar surface area (TPSA) is 47.7 Å². The fourth-order valence-corrected chi connectivity index (χ4v) is 2.89. The molecule has 0 radical (unpaired) electrons. The van der Waals surface area contributed by atoms with E-state index in [2.05, 4.69) is 24.8 Å². The van der Waals surface area contributed by atoms with Crippen LogP contribution in [0.2, 0.25) is 0 Å². The summed E-state index contributed by atoms with van der Waals surface area (Å²) in [7, 11) is 1.71. The molecule has 0 aliphatic carbocycles. The lowest BCUT2D eigenvalue weighted by atomic mass is 10.0. The van der Waals surface area contributed by atoms with Crippen LogP contribution in [0.1, 0.15) is 25.5 Å². The number of methoxy groups -OCH3 is 1. The Balaban J connectivity index is 2.23. The van der Waals surface area contributed by atoms with Crippen LogP contribution in [0.5, 0.6) is 5.75 Å². The molecule has 1 aromatic rings. The van der Waals surface area contributed by atoms with E-state index in [9.17, 15) is 0 Å². The molecule has 106 valence electrons. The second-order valence-corrected chi connectivity index (χ2v) is 5.20. The van der Waals surface area contributed by atoms with Gasteiger partial charge in [-0.3, -0.25) is 4.90 Å². The van der Waals surface area contributed by atoms with Gasteiger partial charge >= 0.3 is 0 Å². The highest BCUT2D eigenvalue weighted by Crippen LogP contribution is 2.30. The summed E-state index contributed by atoms with van der Waals surface area (Å²) in [6.45, 7) is 6.62. The molecule has 19 heavy (non-hydrogen) atoms. The van der Waals surface area contributed by atoms with E-state index >= 15 is 0 Å². The van der Waals surface area contributed by atoms with Gasteiger partial charge in [-0.25, -0.2) is 0 Å². The van der Waals surface area contributed by atoms with Crippen LogP contribution in [0.25, 0.3) is 0 Å². The van der Waals surface area contributed by atoms with Crippen molar-refractivity contribution in [3.05, 3.63) is 29.8 Å². The molecular formula is C15H24N2O2. The molecule has 1 heterocycles. The Bertz CT molecular complexity index is 401. The van der Waals surface area contributed by atoms with E-state index in [0.717, 1.165) is 24.4 Å². The van der Waals surface area contributed by atoms with Crippen LogP contribution in [0, 0.1) is 0 Å². The Labute approximate surface area is 115 Å². The molecule has 0 spiro atoms. The zero-order chi connectivity index (χ0) is 13.8. The highest BCUT2D eigenvalue weighted by molar-refractivity contribution is 5.36. The van der Waals surface area contributed by atoms with Crippen molar-refractivity contribution < 1.29 is 9.47 Å². The van der Waals surface area contributed by atoms with Gasteiger partial charge in [0.2, 0.25) is 0 Å². The van der Waals surface area contributed by atoms with Gasteiger partial charge in [-0.05, 0) is 19.9 Å². The quantitative estimate of drug-likeness (QED) is 0.901. The van der Waals surface area contributed by atoms with Crippen molar-refractivity contribution in [1.29, 1.82) is 0 Å². The molecule has 4 nitrogen and oxygen atoms in total. The van der Waals surface area contributed by atoms with Crippen LogP contribution >= 0.6 is 0 Å². The smallest absolute Gasteiger partial charge is 0.123 e. The number of para-hydroxylation sites is 1. The fourth-order valence-electron chi connectivity index (χ4n) is 2.89. The summed E-state index contributed by atoms with van der Waals surface area (Å²) in [5.74, 6) is 0.907. The van der Waals surface area contributed by atoms with E-state index in [-0.39, 0.29) is 18.2 Å². The second kappa shape index (κ2) is 6.37. The zero-order valence-electron chi connectivity index (χ0n) is 12.0.